The summed E-state index contributed by atoms with van der Waals surface area (Å²) < 4.78 is 19.3. The van der Waals surface area contributed by atoms with E-state index in [9.17, 15) is 0 Å². The monoisotopic (exact) mass is 509 g/mol. The lowest BCUT2D eigenvalue weighted by atomic mass is 10.1. The van der Waals surface area contributed by atoms with Gasteiger partial charge >= 0.3 is 0 Å². The highest BCUT2D eigenvalue weighted by Crippen LogP contribution is 2.41. The van der Waals surface area contributed by atoms with E-state index in [1.54, 1.807) is 28.4 Å². The second-order valence-electron chi connectivity index (χ2n) is 5.62. The first-order valence-corrected chi connectivity index (χ1v) is 10.3. The third kappa shape index (κ3) is 4.07. The Morgan fingerprint density at radius 3 is 2.29 bits per heavy atom. The Bertz CT molecular complexity index is 1050. The summed E-state index contributed by atoms with van der Waals surface area (Å²) in [5.74, 6) is 1.73. The highest BCUT2D eigenvalue weighted by Gasteiger charge is 2.16. The number of methoxy groups -OCH3 is 3. The standard InChI is InChI=1S/C20H20IN3O3S/c1-22-20-24(23-11-13-7-5-6-8-15(13)21)16(12-28-20)14-9-17(25-2)19(27-4)18(10-14)26-3/h5-12H,1-4H3. The zero-order valence-electron chi connectivity index (χ0n) is 16.0. The van der Waals surface area contributed by atoms with Crippen molar-refractivity contribution in [3.8, 4) is 28.5 Å². The molecule has 146 valence electrons. The first-order valence-electron chi connectivity index (χ1n) is 8.35. The number of hydrogen-bond acceptors (Lipinski definition) is 6. The highest BCUT2D eigenvalue weighted by atomic mass is 127. The van der Waals surface area contributed by atoms with Crippen LogP contribution in [0, 0.1) is 3.57 Å². The van der Waals surface area contributed by atoms with Crippen LogP contribution in [0.5, 0.6) is 17.2 Å². The molecule has 0 saturated heterocycles. The molecule has 0 bridgehead atoms. The van der Waals surface area contributed by atoms with Crippen molar-refractivity contribution < 1.29 is 14.2 Å². The van der Waals surface area contributed by atoms with Gasteiger partial charge in [-0.2, -0.15) is 5.10 Å². The summed E-state index contributed by atoms with van der Waals surface area (Å²) in [7, 11) is 6.55. The van der Waals surface area contributed by atoms with Gasteiger partial charge in [-0.1, -0.05) is 18.2 Å². The second-order valence-corrected chi connectivity index (χ2v) is 7.62. The van der Waals surface area contributed by atoms with Crippen LogP contribution in [0.25, 0.3) is 11.3 Å². The zero-order chi connectivity index (χ0) is 20.1. The van der Waals surface area contributed by atoms with Crippen LogP contribution in [0.1, 0.15) is 5.56 Å². The molecule has 3 aromatic rings. The fourth-order valence-corrected chi connectivity index (χ4v) is 4.02. The number of rotatable bonds is 6. The highest BCUT2D eigenvalue weighted by molar-refractivity contribution is 14.1. The summed E-state index contributed by atoms with van der Waals surface area (Å²) in [6.45, 7) is 0. The van der Waals surface area contributed by atoms with Crippen LogP contribution < -0.4 is 19.0 Å². The van der Waals surface area contributed by atoms with Crippen LogP contribution in [-0.4, -0.2) is 39.3 Å². The molecule has 0 aliphatic heterocycles. The van der Waals surface area contributed by atoms with E-state index in [0.717, 1.165) is 25.2 Å². The van der Waals surface area contributed by atoms with Crippen molar-refractivity contribution in [1.29, 1.82) is 0 Å². The number of halogens is 1. The molecular formula is C20H20IN3O3S. The molecule has 2 aromatic carbocycles. The predicted octanol–water partition coefficient (Wildman–Crippen LogP) is 4.26. The largest absolute Gasteiger partial charge is 0.493 e. The molecule has 0 aliphatic carbocycles. The quantitative estimate of drug-likeness (QED) is 0.369. The smallest absolute Gasteiger partial charge is 0.205 e. The molecule has 0 atom stereocenters. The molecule has 3 rings (SSSR count). The normalized spacial score (nSPS) is 11.8. The minimum atomic E-state index is 0.554. The summed E-state index contributed by atoms with van der Waals surface area (Å²) in [6, 6.07) is 11.9. The molecule has 28 heavy (non-hydrogen) atoms. The van der Waals surface area contributed by atoms with Crippen LogP contribution in [0.3, 0.4) is 0 Å². The molecule has 0 aliphatic rings. The third-order valence-electron chi connectivity index (χ3n) is 4.05. The Hall–Kier alpha value is -2.33. The lowest BCUT2D eigenvalue weighted by Crippen LogP contribution is -2.11. The molecule has 0 unspecified atom stereocenters. The Morgan fingerprint density at radius 1 is 1.04 bits per heavy atom. The van der Waals surface area contributed by atoms with Crippen molar-refractivity contribution >= 4 is 40.1 Å². The van der Waals surface area contributed by atoms with Crippen molar-refractivity contribution in [3.05, 3.63) is 55.7 Å². The molecular weight excluding hydrogens is 489 g/mol. The molecule has 0 saturated carbocycles. The van der Waals surface area contributed by atoms with E-state index in [4.69, 9.17) is 14.2 Å². The van der Waals surface area contributed by atoms with Crippen LogP contribution >= 0.6 is 33.9 Å². The van der Waals surface area contributed by atoms with Gasteiger partial charge in [-0.3, -0.25) is 4.99 Å². The third-order valence-corrected chi connectivity index (χ3v) is 5.94. The minimum absolute atomic E-state index is 0.554. The fraction of sp³-hybridized carbons (Fsp3) is 0.200. The molecule has 1 heterocycles. The molecule has 8 heteroatoms. The van der Waals surface area contributed by atoms with Gasteiger partial charge in [0, 0.05) is 27.1 Å². The summed E-state index contributed by atoms with van der Waals surface area (Å²) in [5, 5.41) is 6.70. The van der Waals surface area contributed by atoms with Gasteiger partial charge in [0.25, 0.3) is 0 Å². The van der Waals surface area contributed by atoms with Gasteiger partial charge in [-0.05, 0) is 40.8 Å². The Balaban J connectivity index is 2.15. The van der Waals surface area contributed by atoms with Gasteiger partial charge in [0.15, 0.2) is 11.5 Å². The van der Waals surface area contributed by atoms with E-state index < -0.39 is 0 Å². The van der Waals surface area contributed by atoms with Crippen LogP contribution in [-0.2, 0) is 0 Å². The van der Waals surface area contributed by atoms with Gasteiger partial charge in [0.05, 0.1) is 33.2 Å². The number of benzene rings is 2. The average molecular weight is 509 g/mol. The van der Waals surface area contributed by atoms with E-state index in [2.05, 4.69) is 32.7 Å². The zero-order valence-corrected chi connectivity index (χ0v) is 18.9. The van der Waals surface area contributed by atoms with Gasteiger partial charge < -0.3 is 14.2 Å². The van der Waals surface area contributed by atoms with Gasteiger partial charge in [-0.15, -0.1) is 11.3 Å². The Labute approximate surface area is 181 Å². The van der Waals surface area contributed by atoms with E-state index in [0.29, 0.717) is 17.2 Å². The maximum atomic E-state index is 5.49. The van der Waals surface area contributed by atoms with Gasteiger partial charge in [0.1, 0.15) is 0 Å². The number of nitrogens with zero attached hydrogens (tertiary/aromatic N) is 3. The van der Waals surface area contributed by atoms with Crippen molar-refractivity contribution in [3.63, 3.8) is 0 Å². The molecule has 0 radical (unpaired) electrons. The van der Waals surface area contributed by atoms with Gasteiger partial charge in [0.2, 0.25) is 10.6 Å². The SMILES string of the molecule is CN=c1scc(-c2cc(OC)c(OC)c(OC)c2)n1N=Cc1ccccc1I. The summed E-state index contributed by atoms with van der Waals surface area (Å²) in [6.07, 6.45) is 1.84. The Morgan fingerprint density at radius 2 is 1.71 bits per heavy atom. The van der Waals surface area contributed by atoms with Gasteiger partial charge in [-0.25, -0.2) is 4.68 Å². The molecule has 0 amide bonds. The van der Waals surface area contributed by atoms with E-state index in [-0.39, 0.29) is 0 Å². The van der Waals surface area contributed by atoms with E-state index in [1.165, 1.54) is 11.3 Å². The topological polar surface area (TPSA) is 57.3 Å². The fourth-order valence-electron chi connectivity index (χ4n) is 2.69. The lowest BCUT2D eigenvalue weighted by Gasteiger charge is -2.14. The molecule has 0 N–H and O–H groups in total. The predicted molar refractivity (Wildman–Crippen MR) is 121 cm³/mol. The van der Waals surface area contributed by atoms with Crippen molar-refractivity contribution in [2.45, 2.75) is 0 Å². The number of ether oxygens (including phenoxy) is 3. The number of thiazole rings is 1. The molecule has 0 spiro atoms. The van der Waals surface area contributed by atoms with Crippen LogP contribution in [0.2, 0.25) is 0 Å². The molecule has 6 nitrogen and oxygen atoms in total. The Kier molecular flexibility index (Phi) is 6.74. The number of aromatic nitrogens is 1. The van der Waals surface area contributed by atoms with Crippen LogP contribution in [0.4, 0.5) is 0 Å². The lowest BCUT2D eigenvalue weighted by molar-refractivity contribution is 0.324. The summed E-state index contributed by atoms with van der Waals surface area (Å²) in [5.41, 5.74) is 2.81. The summed E-state index contributed by atoms with van der Waals surface area (Å²) >= 11 is 3.81. The van der Waals surface area contributed by atoms with Crippen molar-refractivity contribution in [2.75, 3.05) is 28.4 Å². The first kappa shape index (κ1) is 20.4. The molecule has 0 fully saturated rings. The second kappa shape index (κ2) is 9.24. The maximum Gasteiger partial charge on any atom is 0.205 e. The van der Waals surface area contributed by atoms with Crippen molar-refractivity contribution in [1.82, 2.24) is 4.68 Å². The first-order chi connectivity index (χ1) is 13.6. The van der Waals surface area contributed by atoms with E-state index in [1.807, 2.05) is 52.7 Å². The number of hydrogen-bond donors (Lipinski definition) is 0. The van der Waals surface area contributed by atoms with Crippen molar-refractivity contribution in [2.24, 2.45) is 10.1 Å². The average Bonchev–Trinajstić information content (AvgIpc) is 3.14. The van der Waals surface area contributed by atoms with E-state index >= 15 is 0 Å². The summed E-state index contributed by atoms with van der Waals surface area (Å²) in [4.78, 5) is 5.13. The maximum absolute atomic E-state index is 5.49. The minimum Gasteiger partial charge on any atom is -0.493 e. The molecule has 1 aromatic heterocycles. The van der Waals surface area contributed by atoms with Crippen LogP contribution in [0.15, 0.2) is 51.9 Å².